The molecule has 3 heterocycles. The number of para-hydroxylation sites is 2. The summed E-state index contributed by atoms with van der Waals surface area (Å²) >= 11 is 0. The molecule has 29 heavy (non-hydrogen) atoms. The Morgan fingerprint density at radius 3 is 2.45 bits per heavy atom. The van der Waals surface area contributed by atoms with Gasteiger partial charge in [0.25, 0.3) is 5.91 Å². The first-order chi connectivity index (χ1) is 14.2. The molecule has 1 fully saturated rings. The maximum absolute atomic E-state index is 12.7. The van der Waals surface area contributed by atoms with E-state index in [4.69, 9.17) is 4.74 Å². The van der Waals surface area contributed by atoms with Gasteiger partial charge in [-0.25, -0.2) is 4.98 Å². The van der Waals surface area contributed by atoms with E-state index in [2.05, 4.69) is 25.1 Å². The second kappa shape index (κ2) is 8.60. The van der Waals surface area contributed by atoms with E-state index >= 15 is 0 Å². The third kappa shape index (κ3) is 4.29. The van der Waals surface area contributed by atoms with Crippen molar-refractivity contribution in [2.45, 2.75) is 0 Å². The number of carbonyl (C=O) groups excluding carboxylic acids is 1. The molecule has 1 aromatic carbocycles. The Hall–Kier alpha value is -3.61. The summed E-state index contributed by atoms with van der Waals surface area (Å²) in [5, 5.41) is 2.87. The minimum absolute atomic E-state index is 0.261. The molecule has 3 aromatic rings. The van der Waals surface area contributed by atoms with Crippen molar-refractivity contribution < 1.29 is 9.53 Å². The van der Waals surface area contributed by atoms with Gasteiger partial charge in [-0.2, -0.15) is 0 Å². The van der Waals surface area contributed by atoms with E-state index in [0.29, 0.717) is 17.1 Å². The molecule has 0 unspecified atom stereocenters. The van der Waals surface area contributed by atoms with Gasteiger partial charge >= 0.3 is 0 Å². The van der Waals surface area contributed by atoms with Gasteiger partial charge in [-0.15, -0.1) is 0 Å². The molecule has 148 valence electrons. The Labute approximate surface area is 170 Å². The van der Waals surface area contributed by atoms with Crippen LogP contribution in [0.1, 0.15) is 10.5 Å². The molecule has 7 heteroatoms. The molecule has 0 atom stereocenters. The van der Waals surface area contributed by atoms with Crippen LogP contribution in [0.4, 0.5) is 17.2 Å². The van der Waals surface area contributed by atoms with Gasteiger partial charge in [-0.3, -0.25) is 9.78 Å². The molecule has 1 aliphatic heterocycles. The van der Waals surface area contributed by atoms with Crippen LogP contribution in [-0.4, -0.2) is 49.2 Å². The van der Waals surface area contributed by atoms with E-state index in [1.807, 2.05) is 48.7 Å². The van der Waals surface area contributed by atoms with Gasteiger partial charge in [-0.05, 0) is 36.4 Å². The van der Waals surface area contributed by atoms with E-state index in [-0.39, 0.29) is 5.91 Å². The van der Waals surface area contributed by atoms with Crippen molar-refractivity contribution in [3.63, 3.8) is 0 Å². The Balaban J connectivity index is 1.43. The topological polar surface area (TPSA) is 70.6 Å². The second-order valence-electron chi connectivity index (χ2n) is 6.72. The van der Waals surface area contributed by atoms with Crippen LogP contribution in [0.2, 0.25) is 0 Å². The van der Waals surface area contributed by atoms with Crippen LogP contribution in [0.5, 0.6) is 5.75 Å². The number of amides is 1. The average molecular weight is 389 g/mol. The minimum atomic E-state index is -0.261. The SMILES string of the molecule is COc1ccccc1NC(=O)c1cc(N2CCN(c3ccccn3)CC2)ccn1. The molecule has 1 aliphatic rings. The fraction of sp³-hybridized carbons (Fsp3) is 0.227. The first-order valence-corrected chi connectivity index (χ1v) is 9.56. The van der Waals surface area contributed by atoms with Gasteiger partial charge in [0.05, 0.1) is 12.8 Å². The molecular formula is C22H23N5O2. The fourth-order valence-corrected chi connectivity index (χ4v) is 3.41. The monoisotopic (exact) mass is 389 g/mol. The average Bonchev–Trinajstić information content (AvgIpc) is 2.80. The van der Waals surface area contributed by atoms with Gasteiger partial charge in [-0.1, -0.05) is 18.2 Å². The Kier molecular flexibility index (Phi) is 5.56. The van der Waals surface area contributed by atoms with E-state index in [0.717, 1.165) is 37.7 Å². The zero-order valence-corrected chi connectivity index (χ0v) is 16.3. The van der Waals surface area contributed by atoms with Gasteiger partial charge in [0, 0.05) is 44.3 Å². The summed E-state index contributed by atoms with van der Waals surface area (Å²) in [4.78, 5) is 25.9. The summed E-state index contributed by atoms with van der Waals surface area (Å²) in [5.74, 6) is 1.35. The third-order valence-electron chi connectivity index (χ3n) is 4.95. The maximum Gasteiger partial charge on any atom is 0.274 e. The van der Waals surface area contributed by atoms with Gasteiger partial charge < -0.3 is 19.9 Å². The molecule has 0 aliphatic carbocycles. The molecule has 4 rings (SSSR count). The molecular weight excluding hydrogens is 366 g/mol. The number of pyridine rings is 2. The highest BCUT2D eigenvalue weighted by Gasteiger charge is 2.19. The number of ether oxygens (including phenoxy) is 1. The second-order valence-corrected chi connectivity index (χ2v) is 6.72. The van der Waals surface area contributed by atoms with Crippen LogP contribution >= 0.6 is 0 Å². The molecule has 1 saturated heterocycles. The van der Waals surface area contributed by atoms with Gasteiger partial charge in [0.1, 0.15) is 17.3 Å². The number of piperazine rings is 1. The Morgan fingerprint density at radius 2 is 1.69 bits per heavy atom. The van der Waals surface area contributed by atoms with Gasteiger partial charge in [0.2, 0.25) is 0 Å². The van der Waals surface area contributed by atoms with Crippen molar-refractivity contribution >= 4 is 23.1 Å². The van der Waals surface area contributed by atoms with Gasteiger partial charge in [0.15, 0.2) is 0 Å². The zero-order valence-electron chi connectivity index (χ0n) is 16.3. The van der Waals surface area contributed by atoms with Crippen LogP contribution in [0.25, 0.3) is 0 Å². The lowest BCUT2D eigenvalue weighted by Crippen LogP contribution is -2.46. The Morgan fingerprint density at radius 1 is 0.931 bits per heavy atom. The predicted molar refractivity (Wildman–Crippen MR) is 114 cm³/mol. The van der Waals surface area contributed by atoms with E-state index in [9.17, 15) is 4.79 Å². The number of carbonyl (C=O) groups is 1. The fourth-order valence-electron chi connectivity index (χ4n) is 3.41. The van der Waals surface area contributed by atoms with Crippen LogP contribution < -0.4 is 19.9 Å². The number of rotatable bonds is 5. The number of benzene rings is 1. The molecule has 1 amide bonds. The van der Waals surface area contributed by atoms with E-state index in [1.165, 1.54) is 0 Å². The summed E-state index contributed by atoms with van der Waals surface area (Å²) in [6.45, 7) is 3.46. The third-order valence-corrected chi connectivity index (χ3v) is 4.95. The van der Waals surface area contributed by atoms with Crippen molar-refractivity contribution in [3.8, 4) is 5.75 Å². The number of aromatic nitrogens is 2. The van der Waals surface area contributed by atoms with Crippen LogP contribution in [0, 0.1) is 0 Å². The summed E-state index contributed by atoms with van der Waals surface area (Å²) in [6.07, 6.45) is 3.49. The maximum atomic E-state index is 12.7. The summed E-state index contributed by atoms with van der Waals surface area (Å²) in [7, 11) is 1.58. The van der Waals surface area contributed by atoms with Crippen molar-refractivity contribution in [2.75, 3.05) is 48.4 Å². The molecule has 1 N–H and O–H groups in total. The molecule has 0 bridgehead atoms. The summed E-state index contributed by atoms with van der Waals surface area (Å²) in [6, 6.07) is 17.1. The summed E-state index contributed by atoms with van der Waals surface area (Å²) < 4.78 is 5.29. The van der Waals surface area contributed by atoms with Crippen molar-refractivity contribution in [2.24, 2.45) is 0 Å². The molecule has 7 nitrogen and oxygen atoms in total. The molecule has 2 aromatic heterocycles. The van der Waals surface area contributed by atoms with Crippen molar-refractivity contribution in [1.82, 2.24) is 9.97 Å². The normalized spacial score (nSPS) is 13.8. The highest BCUT2D eigenvalue weighted by molar-refractivity contribution is 6.04. The lowest BCUT2D eigenvalue weighted by Gasteiger charge is -2.36. The van der Waals surface area contributed by atoms with Crippen LogP contribution in [0.3, 0.4) is 0 Å². The predicted octanol–water partition coefficient (Wildman–Crippen LogP) is 3.06. The Bertz CT molecular complexity index is 972. The number of nitrogens with one attached hydrogen (secondary N) is 1. The first kappa shape index (κ1) is 18.7. The van der Waals surface area contributed by atoms with Crippen LogP contribution in [0.15, 0.2) is 67.0 Å². The quantitative estimate of drug-likeness (QED) is 0.723. The highest BCUT2D eigenvalue weighted by atomic mass is 16.5. The first-order valence-electron chi connectivity index (χ1n) is 9.56. The van der Waals surface area contributed by atoms with Crippen molar-refractivity contribution in [1.29, 1.82) is 0 Å². The van der Waals surface area contributed by atoms with Crippen molar-refractivity contribution in [3.05, 3.63) is 72.7 Å². The molecule has 0 spiro atoms. The lowest BCUT2D eigenvalue weighted by atomic mass is 10.2. The standard InChI is InChI=1S/C22H23N5O2/c1-29-20-7-3-2-6-18(20)25-22(28)19-16-17(9-11-23-19)26-12-14-27(15-13-26)21-8-4-5-10-24-21/h2-11,16H,12-15H2,1H3,(H,25,28). The summed E-state index contributed by atoms with van der Waals surface area (Å²) in [5.41, 5.74) is 1.99. The van der Waals surface area contributed by atoms with Crippen LogP contribution in [-0.2, 0) is 0 Å². The zero-order chi connectivity index (χ0) is 20.1. The highest BCUT2D eigenvalue weighted by Crippen LogP contribution is 2.24. The molecule has 0 radical (unpaired) electrons. The smallest absolute Gasteiger partial charge is 0.274 e. The largest absolute Gasteiger partial charge is 0.495 e. The minimum Gasteiger partial charge on any atom is -0.495 e. The molecule has 0 saturated carbocycles. The lowest BCUT2D eigenvalue weighted by molar-refractivity contribution is 0.102. The number of anilines is 3. The number of hydrogen-bond acceptors (Lipinski definition) is 6. The number of hydrogen-bond donors (Lipinski definition) is 1. The van der Waals surface area contributed by atoms with E-state index in [1.54, 1.807) is 25.4 Å². The number of methoxy groups -OCH3 is 1. The van der Waals surface area contributed by atoms with E-state index < -0.39 is 0 Å². The number of nitrogens with zero attached hydrogens (tertiary/aromatic N) is 4.